The number of fused-ring (bicyclic) bond motifs is 1. The number of nitrogens with zero attached hydrogens (tertiary/aromatic N) is 4. The Morgan fingerprint density at radius 2 is 1.85 bits per heavy atom. The number of aryl methyl sites for hydroxylation is 3. The van der Waals surface area contributed by atoms with E-state index in [4.69, 9.17) is 21.6 Å². The summed E-state index contributed by atoms with van der Waals surface area (Å²) in [6.45, 7) is 2.89. The van der Waals surface area contributed by atoms with Crippen LogP contribution in [-0.2, 0) is 19.4 Å². The van der Waals surface area contributed by atoms with E-state index in [1.165, 1.54) is 12.1 Å². The van der Waals surface area contributed by atoms with E-state index in [9.17, 15) is 8.78 Å². The number of benzene rings is 2. The number of nitrogens with one attached hydrogen (secondary N) is 1. The van der Waals surface area contributed by atoms with Crippen molar-refractivity contribution < 1.29 is 8.78 Å². The number of piperidine rings is 1. The molecule has 5 nitrogen and oxygen atoms in total. The SMILES string of the molecule is Fc1ccc(CCc2ncc3nc(-c4ccccc4Cl)n(CCC4CCNCC4)c3n2)c(F)c1. The Morgan fingerprint density at radius 1 is 1.03 bits per heavy atom. The van der Waals surface area contributed by atoms with Gasteiger partial charge in [-0.1, -0.05) is 29.8 Å². The lowest BCUT2D eigenvalue weighted by Crippen LogP contribution is -2.28. The molecule has 0 atom stereocenters. The van der Waals surface area contributed by atoms with Crippen LogP contribution in [0.2, 0.25) is 5.02 Å². The number of aromatic nitrogens is 4. The third-order valence-corrected chi connectivity index (χ3v) is 6.83. The summed E-state index contributed by atoms with van der Waals surface area (Å²) in [6.07, 6.45) is 5.91. The Kier molecular flexibility index (Phi) is 6.83. The lowest BCUT2D eigenvalue weighted by Gasteiger charge is -2.23. The van der Waals surface area contributed by atoms with E-state index in [1.807, 2.05) is 24.3 Å². The maximum absolute atomic E-state index is 14.1. The van der Waals surface area contributed by atoms with Gasteiger partial charge in [-0.25, -0.2) is 23.7 Å². The lowest BCUT2D eigenvalue weighted by atomic mass is 9.95. The largest absolute Gasteiger partial charge is 0.317 e. The van der Waals surface area contributed by atoms with Crippen molar-refractivity contribution in [3.63, 3.8) is 0 Å². The highest BCUT2D eigenvalue weighted by Crippen LogP contribution is 2.30. The molecule has 8 heteroatoms. The third-order valence-electron chi connectivity index (χ3n) is 6.51. The molecule has 0 spiro atoms. The molecule has 1 saturated heterocycles. The van der Waals surface area contributed by atoms with Crippen molar-refractivity contribution in [2.75, 3.05) is 13.1 Å². The van der Waals surface area contributed by atoms with Crippen LogP contribution in [0.3, 0.4) is 0 Å². The first-order valence-electron chi connectivity index (χ1n) is 11.7. The van der Waals surface area contributed by atoms with Crippen LogP contribution in [0.15, 0.2) is 48.7 Å². The molecule has 176 valence electrons. The normalized spacial score (nSPS) is 14.7. The standard InChI is InChI=1S/C26H26ClF2N5/c27-21-4-2-1-3-20(21)25-32-23-16-31-24(8-6-18-5-7-19(28)15-22(18)29)33-26(23)34(25)14-11-17-9-12-30-13-10-17/h1-5,7,15-17,30H,6,8-14H2. The minimum atomic E-state index is -0.580. The lowest BCUT2D eigenvalue weighted by molar-refractivity contribution is 0.339. The fourth-order valence-corrected chi connectivity index (χ4v) is 4.81. The van der Waals surface area contributed by atoms with Crippen molar-refractivity contribution in [1.29, 1.82) is 0 Å². The molecule has 4 aromatic rings. The van der Waals surface area contributed by atoms with E-state index in [-0.39, 0.29) is 0 Å². The van der Waals surface area contributed by atoms with Gasteiger partial charge in [0.05, 0.1) is 11.2 Å². The molecule has 2 aromatic heterocycles. The molecule has 0 unspecified atom stereocenters. The van der Waals surface area contributed by atoms with E-state index in [0.29, 0.717) is 40.7 Å². The van der Waals surface area contributed by atoms with E-state index < -0.39 is 11.6 Å². The number of imidazole rings is 1. The average Bonchev–Trinajstić information content (AvgIpc) is 3.20. The number of hydrogen-bond donors (Lipinski definition) is 1. The molecular weight excluding hydrogens is 456 g/mol. The first-order chi connectivity index (χ1) is 16.6. The molecule has 3 heterocycles. The highest BCUT2D eigenvalue weighted by molar-refractivity contribution is 6.33. The second kappa shape index (κ2) is 10.2. The summed E-state index contributed by atoms with van der Waals surface area (Å²) in [7, 11) is 0. The number of hydrogen-bond acceptors (Lipinski definition) is 4. The molecule has 0 radical (unpaired) electrons. The minimum absolute atomic E-state index is 0.387. The van der Waals surface area contributed by atoms with Crippen molar-refractivity contribution in [2.45, 2.75) is 38.6 Å². The highest BCUT2D eigenvalue weighted by Gasteiger charge is 2.19. The van der Waals surface area contributed by atoms with Gasteiger partial charge in [-0.05, 0) is 68.5 Å². The van der Waals surface area contributed by atoms with Gasteiger partial charge in [0.15, 0.2) is 5.65 Å². The van der Waals surface area contributed by atoms with Crippen LogP contribution in [0.25, 0.3) is 22.6 Å². The zero-order valence-electron chi connectivity index (χ0n) is 18.8. The Labute approximate surface area is 202 Å². The van der Waals surface area contributed by atoms with Crippen LogP contribution >= 0.6 is 11.6 Å². The molecule has 5 rings (SSSR count). The van der Waals surface area contributed by atoms with Crippen molar-refractivity contribution in [3.8, 4) is 11.4 Å². The van der Waals surface area contributed by atoms with Gasteiger partial charge in [-0.2, -0.15) is 0 Å². The van der Waals surface area contributed by atoms with Gasteiger partial charge in [0.2, 0.25) is 0 Å². The van der Waals surface area contributed by atoms with Gasteiger partial charge in [0.1, 0.15) is 28.8 Å². The van der Waals surface area contributed by atoms with E-state index in [2.05, 4.69) is 14.9 Å². The summed E-state index contributed by atoms with van der Waals surface area (Å²) in [5, 5.41) is 4.06. The second-order valence-electron chi connectivity index (χ2n) is 8.78. The van der Waals surface area contributed by atoms with Crippen LogP contribution in [0.5, 0.6) is 0 Å². The van der Waals surface area contributed by atoms with E-state index in [0.717, 1.165) is 62.0 Å². The summed E-state index contributed by atoms with van der Waals surface area (Å²) < 4.78 is 29.4. The van der Waals surface area contributed by atoms with Crippen molar-refractivity contribution in [1.82, 2.24) is 24.8 Å². The molecule has 0 bridgehead atoms. The second-order valence-corrected chi connectivity index (χ2v) is 9.19. The topological polar surface area (TPSA) is 55.6 Å². The van der Waals surface area contributed by atoms with Gasteiger partial charge in [-0.3, -0.25) is 0 Å². The number of rotatable bonds is 7. The molecule has 0 amide bonds. The summed E-state index contributed by atoms with van der Waals surface area (Å²) in [4.78, 5) is 14.1. The van der Waals surface area contributed by atoms with E-state index in [1.54, 1.807) is 6.20 Å². The average molecular weight is 482 g/mol. The van der Waals surface area contributed by atoms with Crippen LogP contribution in [0.4, 0.5) is 8.78 Å². The fraction of sp³-hybridized carbons (Fsp3) is 0.346. The Morgan fingerprint density at radius 3 is 2.65 bits per heavy atom. The summed E-state index contributed by atoms with van der Waals surface area (Å²) in [5.74, 6) is 0.911. The van der Waals surface area contributed by atoms with Gasteiger partial charge < -0.3 is 9.88 Å². The Bertz CT molecular complexity index is 1300. The zero-order valence-corrected chi connectivity index (χ0v) is 19.5. The Hall–Kier alpha value is -2.90. The van der Waals surface area contributed by atoms with E-state index >= 15 is 0 Å². The predicted molar refractivity (Wildman–Crippen MR) is 130 cm³/mol. The molecule has 1 fully saturated rings. The molecule has 1 aliphatic heterocycles. The van der Waals surface area contributed by atoms with Gasteiger partial charge in [-0.15, -0.1) is 0 Å². The molecule has 2 aromatic carbocycles. The molecular formula is C26H26ClF2N5. The third kappa shape index (κ3) is 4.95. The van der Waals surface area contributed by atoms with Gasteiger partial charge in [0, 0.05) is 24.6 Å². The molecule has 1 N–H and O–H groups in total. The zero-order chi connectivity index (χ0) is 23.5. The highest BCUT2D eigenvalue weighted by atomic mass is 35.5. The van der Waals surface area contributed by atoms with Crippen LogP contribution in [0, 0.1) is 17.6 Å². The van der Waals surface area contributed by atoms with Crippen LogP contribution < -0.4 is 5.32 Å². The quantitative estimate of drug-likeness (QED) is 0.373. The van der Waals surface area contributed by atoms with Gasteiger partial charge >= 0.3 is 0 Å². The van der Waals surface area contributed by atoms with Crippen LogP contribution in [0.1, 0.15) is 30.7 Å². The summed E-state index contributed by atoms with van der Waals surface area (Å²) in [5.41, 5.74) is 2.77. The maximum Gasteiger partial charge on any atom is 0.164 e. The van der Waals surface area contributed by atoms with Crippen molar-refractivity contribution in [2.24, 2.45) is 5.92 Å². The smallest absolute Gasteiger partial charge is 0.164 e. The monoisotopic (exact) mass is 481 g/mol. The fourth-order valence-electron chi connectivity index (χ4n) is 4.59. The molecule has 1 aliphatic rings. The summed E-state index contributed by atoms with van der Waals surface area (Å²) in [6, 6.07) is 11.3. The predicted octanol–water partition coefficient (Wildman–Crippen LogP) is 5.60. The first-order valence-corrected chi connectivity index (χ1v) is 12.1. The molecule has 0 aliphatic carbocycles. The maximum atomic E-state index is 14.1. The van der Waals surface area contributed by atoms with Gasteiger partial charge in [0.25, 0.3) is 0 Å². The molecule has 34 heavy (non-hydrogen) atoms. The minimum Gasteiger partial charge on any atom is -0.317 e. The van der Waals surface area contributed by atoms with Crippen molar-refractivity contribution >= 4 is 22.8 Å². The van der Waals surface area contributed by atoms with Crippen molar-refractivity contribution in [3.05, 3.63) is 76.7 Å². The number of halogens is 3. The van der Waals surface area contributed by atoms with Crippen LogP contribution in [-0.4, -0.2) is 32.6 Å². The summed E-state index contributed by atoms with van der Waals surface area (Å²) >= 11 is 6.52. The first kappa shape index (κ1) is 22.9. The Balaban J connectivity index is 1.46. The molecule has 0 saturated carbocycles.